The minimum atomic E-state index is 1.23. The first-order valence-electron chi connectivity index (χ1n) is 32.5. The minimum absolute atomic E-state index is 1.23. The van der Waals surface area contributed by atoms with Crippen LogP contribution in [0.15, 0.2) is 376 Å². The summed E-state index contributed by atoms with van der Waals surface area (Å²) in [6.07, 6.45) is 0. The van der Waals surface area contributed by atoms with Crippen LogP contribution in [0.5, 0.6) is 0 Å². The van der Waals surface area contributed by atoms with E-state index in [-0.39, 0.29) is 0 Å². The van der Waals surface area contributed by atoms with E-state index in [1.54, 1.807) is 0 Å². The van der Waals surface area contributed by atoms with Crippen molar-refractivity contribution >= 4 is 75.4 Å². The predicted octanol–water partition coefficient (Wildman–Crippen LogP) is 26.4. The molecule has 0 bridgehead atoms. The molecule has 0 amide bonds. The van der Waals surface area contributed by atoms with E-state index in [9.17, 15) is 0 Å². The lowest BCUT2D eigenvalue weighted by Gasteiger charge is -2.18. The van der Waals surface area contributed by atoms with Crippen molar-refractivity contribution in [2.24, 2.45) is 0 Å². The topological polar surface area (TPSA) is 0 Å². The Bertz CT molecular complexity index is 5750. The van der Waals surface area contributed by atoms with Crippen molar-refractivity contribution in [2.75, 3.05) is 0 Å². The molecule has 94 heavy (non-hydrogen) atoms. The average Bonchev–Trinajstić information content (AvgIpc) is 0.748. The number of fused-ring (bicyclic) bond motifs is 7. The number of hydrogen-bond acceptors (Lipinski definition) is 0. The smallest absolute Gasteiger partial charge is 0.00262 e. The fraction of sp³-hybridized carbons (Fsp3) is 0. The first-order valence-corrected chi connectivity index (χ1v) is 32.5. The van der Waals surface area contributed by atoms with E-state index in [0.717, 1.165) is 0 Å². The maximum Gasteiger partial charge on any atom is -0.00262 e. The third-order valence-corrected chi connectivity index (χ3v) is 19.1. The molecule has 0 nitrogen and oxygen atoms in total. The summed E-state index contributed by atoms with van der Waals surface area (Å²) < 4.78 is 0. The van der Waals surface area contributed by atoms with Gasteiger partial charge in [-0.1, -0.05) is 352 Å². The summed E-state index contributed by atoms with van der Waals surface area (Å²) >= 11 is 0. The van der Waals surface area contributed by atoms with Crippen molar-refractivity contribution in [3.63, 3.8) is 0 Å². The van der Waals surface area contributed by atoms with Crippen LogP contribution < -0.4 is 0 Å². The highest BCUT2D eigenvalue weighted by atomic mass is 14.2. The molecule has 0 atom stereocenters. The Morgan fingerprint density at radius 3 is 0.755 bits per heavy atom. The van der Waals surface area contributed by atoms with E-state index >= 15 is 0 Å². The van der Waals surface area contributed by atoms with E-state index in [4.69, 9.17) is 0 Å². The molecule has 0 aliphatic carbocycles. The normalized spacial score (nSPS) is 11.4. The lowest BCUT2D eigenvalue weighted by Crippen LogP contribution is -1.91. The summed E-state index contributed by atoms with van der Waals surface area (Å²) in [6, 6.07) is 137. The molecule has 438 valence electrons. The van der Waals surface area contributed by atoms with Gasteiger partial charge in [-0.25, -0.2) is 0 Å². The van der Waals surface area contributed by atoms with Crippen LogP contribution in [0.25, 0.3) is 176 Å². The van der Waals surface area contributed by atoms with Crippen LogP contribution in [0.4, 0.5) is 0 Å². The summed E-state index contributed by atoms with van der Waals surface area (Å²) in [5.41, 5.74) is 22.5. The van der Waals surface area contributed by atoms with Crippen molar-refractivity contribution < 1.29 is 0 Å². The van der Waals surface area contributed by atoms with Gasteiger partial charge < -0.3 is 0 Å². The largest absolute Gasteiger partial charge is 0.0622 e. The molecule has 0 N–H and O–H groups in total. The molecule has 0 fully saturated rings. The molecule has 0 saturated carbocycles. The summed E-state index contributed by atoms with van der Waals surface area (Å²) in [5, 5.41) is 17.7. The van der Waals surface area contributed by atoms with Crippen molar-refractivity contribution in [1.82, 2.24) is 0 Å². The molecular formula is C94H62. The van der Waals surface area contributed by atoms with Crippen LogP contribution in [-0.2, 0) is 0 Å². The Balaban J connectivity index is 0.000000143. The van der Waals surface area contributed by atoms with Gasteiger partial charge in [0.15, 0.2) is 0 Å². The zero-order chi connectivity index (χ0) is 62.3. The first kappa shape index (κ1) is 55.8. The lowest BCUT2D eigenvalue weighted by molar-refractivity contribution is 1.59. The van der Waals surface area contributed by atoms with Gasteiger partial charge in [0.25, 0.3) is 0 Å². The van der Waals surface area contributed by atoms with Crippen molar-refractivity contribution in [2.45, 2.75) is 0 Å². The molecule has 0 aromatic heterocycles. The molecule has 0 radical (unpaired) electrons. The second-order valence-electron chi connectivity index (χ2n) is 24.6. The van der Waals surface area contributed by atoms with Gasteiger partial charge >= 0.3 is 0 Å². The monoisotopic (exact) mass is 1190 g/mol. The van der Waals surface area contributed by atoms with Crippen LogP contribution in [0, 0.1) is 0 Å². The third kappa shape index (κ3) is 10.3. The van der Waals surface area contributed by atoms with Crippen LogP contribution in [0.3, 0.4) is 0 Å². The molecule has 0 saturated heterocycles. The summed E-state index contributed by atoms with van der Waals surface area (Å²) in [7, 11) is 0. The quantitative estimate of drug-likeness (QED) is 0.126. The zero-order valence-electron chi connectivity index (χ0n) is 51.8. The molecule has 0 heterocycles. The number of rotatable bonds is 9. The van der Waals surface area contributed by atoms with Gasteiger partial charge in [0.1, 0.15) is 0 Å². The van der Waals surface area contributed by atoms with Gasteiger partial charge in [0.05, 0.1) is 0 Å². The van der Waals surface area contributed by atoms with Crippen LogP contribution in [-0.4, -0.2) is 0 Å². The standard InChI is InChI=1S/C48H32.C46H30/c1-3-13-33(14-4-1)34-23-27-37(28-24-34)47-43-19-9-11-21-45(43)48(46-22-12-10-20-44(46)47)39-30-26-35-25-29-38(31-40(35)32-39)42-18-8-7-17-41(42)36-15-5-2-6-16-36;1-2-11-31(12-3-1)32-21-25-35(26-22-32)45-41-16-6-8-18-43(41)46(44-19-9-7-17-42(44)45)37-28-24-33-23-27-36(29-38(33)30-37)40-20-10-14-34-13-4-5-15-39(34)40/h1-32H;1-30H. The van der Waals surface area contributed by atoms with Crippen molar-refractivity contribution in [1.29, 1.82) is 0 Å². The van der Waals surface area contributed by atoms with Gasteiger partial charge in [-0.05, 0) is 200 Å². The average molecular weight is 1190 g/mol. The van der Waals surface area contributed by atoms with Gasteiger partial charge in [-0.15, -0.1) is 0 Å². The summed E-state index contributed by atoms with van der Waals surface area (Å²) in [5.74, 6) is 0. The number of benzene rings is 18. The summed E-state index contributed by atoms with van der Waals surface area (Å²) in [4.78, 5) is 0. The highest BCUT2D eigenvalue weighted by Gasteiger charge is 2.20. The van der Waals surface area contributed by atoms with Crippen LogP contribution in [0.2, 0.25) is 0 Å². The lowest BCUT2D eigenvalue weighted by atomic mass is 9.85. The Hall–Kier alpha value is -12.2. The molecule has 0 spiro atoms. The van der Waals surface area contributed by atoms with E-state index in [0.29, 0.717) is 0 Å². The minimum Gasteiger partial charge on any atom is -0.0622 e. The molecular weight excluding hydrogens is 1130 g/mol. The molecule has 0 unspecified atom stereocenters. The van der Waals surface area contributed by atoms with Crippen LogP contribution >= 0.6 is 0 Å². The van der Waals surface area contributed by atoms with Crippen molar-refractivity contribution in [3.8, 4) is 100 Å². The van der Waals surface area contributed by atoms with E-state index in [2.05, 4.69) is 376 Å². The molecule has 0 heteroatoms. The van der Waals surface area contributed by atoms with Crippen molar-refractivity contribution in [3.05, 3.63) is 376 Å². The Morgan fingerprint density at radius 2 is 0.351 bits per heavy atom. The Kier molecular flexibility index (Phi) is 14.4. The van der Waals surface area contributed by atoms with E-state index in [1.807, 2.05) is 0 Å². The first-order chi connectivity index (χ1) is 46.6. The van der Waals surface area contributed by atoms with Crippen LogP contribution in [0.1, 0.15) is 0 Å². The Morgan fingerprint density at radius 1 is 0.106 bits per heavy atom. The predicted molar refractivity (Wildman–Crippen MR) is 404 cm³/mol. The maximum absolute atomic E-state index is 2.38. The molecule has 18 aromatic rings. The van der Waals surface area contributed by atoms with Gasteiger partial charge in [-0.2, -0.15) is 0 Å². The fourth-order valence-electron chi connectivity index (χ4n) is 14.6. The molecule has 0 aliphatic heterocycles. The summed E-state index contributed by atoms with van der Waals surface area (Å²) in [6.45, 7) is 0. The van der Waals surface area contributed by atoms with E-state index in [1.165, 1.54) is 176 Å². The fourth-order valence-corrected chi connectivity index (χ4v) is 14.6. The van der Waals surface area contributed by atoms with E-state index < -0.39 is 0 Å². The second kappa shape index (κ2) is 24.2. The third-order valence-electron chi connectivity index (χ3n) is 19.1. The van der Waals surface area contributed by atoms with Gasteiger partial charge in [-0.3, -0.25) is 0 Å². The SMILES string of the molecule is c1ccc(-c2ccc(-c3c4ccccc4c(-c4ccc5ccc(-c6cccc7ccccc67)cc5c4)c4ccccc34)cc2)cc1.c1ccc(-c2ccc(-c3c4ccccc4c(-c4ccc5ccc(-c6ccccc6-c6ccccc6)cc5c4)c4ccccc34)cc2)cc1. The highest BCUT2D eigenvalue weighted by Crippen LogP contribution is 2.47. The van der Waals surface area contributed by atoms with Gasteiger partial charge in [0.2, 0.25) is 0 Å². The van der Waals surface area contributed by atoms with Gasteiger partial charge in [0, 0.05) is 0 Å². The highest BCUT2D eigenvalue weighted by molar-refractivity contribution is 6.23. The zero-order valence-corrected chi connectivity index (χ0v) is 51.8. The second-order valence-corrected chi connectivity index (χ2v) is 24.6. The molecule has 18 rings (SSSR count). The maximum atomic E-state index is 2.38. The molecule has 18 aromatic carbocycles. The Labute approximate surface area is 548 Å². The number of hydrogen-bond donors (Lipinski definition) is 0. The molecule has 0 aliphatic rings.